The molecule has 0 radical (unpaired) electrons. The standard InChI is InChI=1S/C17H23N3O5S/c1-25-14(21)9-19-26(23,24)13-4-2-3-12(8-13)20-17(22)15-10-5-6-11(7-10)16(15)18/h2-4,8,10-11,15-16,19H,5-7,9,18H2,1H3,(H,20,22). The average Bonchev–Trinajstić information content (AvgIpc) is 3.21. The fourth-order valence-electron chi connectivity index (χ4n) is 4.00. The van der Waals surface area contributed by atoms with Crippen LogP contribution in [0.4, 0.5) is 5.69 Å². The third kappa shape index (κ3) is 3.74. The predicted molar refractivity (Wildman–Crippen MR) is 94.6 cm³/mol. The minimum absolute atomic E-state index is 0.0450. The number of methoxy groups -OCH3 is 1. The van der Waals surface area contributed by atoms with E-state index >= 15 is 0 Å². The zero-order valence-corrected chi connectivity index (χ0v) is 15.3. The van der Waals surface area contributed by atoms with E-state index in [4.69, 9.17) is 5.73 Å². The Morgan fingerprint density at radius 3 is 2.65 bits per heavy atom. The Kier molecular flexibility index (Phi) is 5.31. The third-order valence-electron chi connectivity index (χ3n) is 5.33. The van der Waals surface area contributed by atoms with Crippen LogP contribution >= 0.6 is 0 Å². The molecule has 0 aromatic heterocycles. The van der Waals surface area contributed by atoms with Crippen LogP contribution in [0.3, 0.4) is 0 Å². The van der Waals surface area contributed by atoms with Gasteiger partial charge in [0.25, 0.3) is 0 Å². The summed E-state index contributed by atoms with van der Waals surface area (Å²) in [5.41, 5.74) is 6.57. The lowest BCUT2D eigenvalue weighted by Gasteiger charge is -2.27. The maximum atomic E-state index is 12.6. The Balaban J connectivity index is 1.69. The molecule has 2 aliphatic carbocycles. The first-order valence-electron chi connectivity index (χ1n) is 8.55. The van der Waals surface area contributed by atoms with E-state index in [1.54, 1.807) is 6.07 Å². The zero-order valence-electron chi connectivity index (χ0n) is 14.5. The average molecular weight is 381 g/mol. The molecule has 1 aromatic carbocycles. The van der Waals surface area contributed by atoms with Crippen LogP contribution in [0, 0.1) is 17.8 Å². The lowest BCUT2D eigenvalue weighted by molar-refractivity contribution is -0.139. The molecule has 1 amide bonds. The number of carbonyl (C=O) groups is 2. The molecule has 0 saturated heterocycles. The molecule has 4 unspecified atom stereocenters. The maximum absolute atomic E-state index is 12.6. The van der Waals surface area contributed by atoms with Crippen molar-refractivity contribution in [1.82, 2.24) is 4.72 Å². The maximum Gasteiger partial charge on any atom is 0.320 e. The molecule has 9 heteroatoms. The number of sulfonamides is 1. The van der Waals surface area contributed by atoms with E-state index in [0.717, 1.165) is 19.3 Å². The summed E-state index contributed by atoms with van der Waals surface area (Å²) in [6, 6.07) is 5.76. The lowest BCUT2D eigenvalue weighted by Crippen LogP contribution is -2.42. The van der Waals surface area contributed by atoms with Gasteiger partial charge < -0.3 is 15.8 Å². The fraction of sp³-hybridized carbons (Fsp3) is 0.529. The predicted octanol–water partition coefficient (Wildman–Crippen LogP) is 0.450. The van der Waals surface area contributed by atoms with Crippen molar-refractivity contribution in [2.75, 3.05) is 19.0 Å². The molecule has 2 bridgehead atoms. The fourth-order valence-corrected chi connectivity index (χ4v) is 5.02. The van der Waals surface area contributed by atoms with Gasteiger partial charge in [-0.05, 0) is 49.3 Å². The second kappa shape index (κ2) is 7.34. The van der Waals surface area contributed by atoms with Gasteiger partial charge >= 0.3 is 5.97 Å². The number of esters is 1. The molecule has 1 aromatic rings. The highest BCUT2D eigenvalue weighted by molar-refractivity contribution is 7.89. The highest BCUT2D eigenvalue weighted by Gasteiger charge is 2.49. The summed E-state index contributed by atoms with van der Waals surface area (Å²) in [5, 5.41) is 2.78. The number of hydrogen-bond acceptors (Lipinski definition) is 6. The van der Waals surface area contributed by atoms with Crippen LogP contribution in [-0.2, 0) is 24.3 Å². The number of rotatable bonds is 6. The number of nitrogens with one attached hydrogen (secondary N) is 2. The highest BCUT2D eigenvalue weighted by Crippen LogP contribution is 2.47. The number of nitrogens with two attached hydrogens (primary N) is 1. The van der Waals surface area contributed by atoms with Gasteiger partial charge in [-0.2, -0.15) is 4.72 Å². The van der Waals surface area contributed by atoms with Crippen LogP contribution in [0.5, 0.6) is 0 Å². The van der Waals surface area contributed by atoms with Crippen molar-refractivity contribution in [3.05, 3.63) is 24.3 Å². The highest BCUT2D eigenvalue weighted by atomic mass is 32.2. The first kappa shape index (κ1) is 18.8. The molecule has 4 atom stereocenters. The van der Waals surface area contributed by atoms with Gasteiger partial charge in [0.05, 0.1) is 17.9 Å². The molecule has 8 nitrogen and oxygen atoms in total. The summed E-state index contributed by atoms with van der Waals surface area (Å²) in [6.45, 7) is -0.463. The third-order valence-corrected chi connectivity index (χ3v) is 6.73. The van der Waals surface area contributed by atoms with Crippen molar-refractivity contribution in [2.24, 2.45) is 23.5 Å². The molecule has 0 aliphatic heterocycles. The number of carbonyl (C=O) groups excluding carboxylic acids is 2. The molecular weight excluding hydrogens is 358 g/mol. The number of amides is 1. The van der Waals surface area contributed by atoms with Gasteiger partial charge in [0.15, 0.2) is 0 Å². The first-order chi connectivity index (χ1) is 12.3. The van der Waals surface area contributed by atoms with Gasteiger partial charge in [0, 0.05) is 11.7 Å². The van der Waals surface area contributed by atoms with Crippen molar-refractivity contribution < 1.29 is 22.7 Å². The summed E-state index contributed by atoms with van der Waals surface area (Å²) < 4.78 is 31.1. The molecule has 0 heterocycles. The Labute approximate surface area is 152 Å². The first-order valence-corrected chi connectivity index (χ1v) is 10.0. The molecule has 142 valence electrons. The van der Waals surface area contributed by atoms with Gasteiger partial charge in [-0.15, -0.1) is 0 Å². The van der Waals surface area contributed by atoms with Crippen LogP contribution < -0.4 is 15.8 Å². The topological polar surface area (TPSA) is 128 Å². The van der Waals surface area contributed by atoms with Crippen LogP contribution in [-0.4, -0.2) is 40.0 Å². The number of benzene rings is 1. The second-order valence-corrected chi connectivity index (χ2v) is 8.62. The molecular formula is C17H23N3O5S. The quantitative estimate of drug-likeness (QED) is 0.614. The van der Waals surface area contributed by atoms with E-state index in [2.05, 4.69) is 14.8 Å². The van der Waals surface area contributed by atoms with E-state index < -0.39 is 22.5 Å². The smallest absolute Gasteiger partial charge is 0.320 e. The minimum Gasteiger partial charge on any atom is -0.468 e. The van der Waals surface area contributed by atoms with Crippen molar-refractivity contribution in [1.29, 1.82) is 0 Å². The minimum atomic E-state index is -3.89. The largest absolute Gasteiger partial charge is 0.468 e. The second-order valence-electron chi connectivity index (χ2n) is 6.85. The molecule has 2 aliphatic rings. The molecule has 4 N–H and O–H groups in total. The normalized spacial score (nSPS) is 27.3. The Bertz CT molecular complexity index is 808. The molecule has 2 saturated carbocycles. The van der Waals surface area contributed by atoms with Crippen molar-refractivity contribution in [3.63, 3.8) is 0 Å². The van der Waals surface area contributed by atoms with Crippen molar-refractivity contribution >= 4 is 27.6 Å². The summed E-state index contributed by atoms with van der Waals surface area (Å²) in [5.74, 6) is -0.370. The molecule has 2 fully saturated rings. The van der Waals surface area contributed by atoms with E-state index in [1.807, 2.05) is 0 Å². The van der Waals surface area contributed by atoms with E-state index in [0.29, 0.717) is 17.5 Å². The Hall–Kier alpha value is -1.97. The van der Waals surface area contributed by atoms with Crippen LogP contribution in [0.25, 0.3) is 0 Å². The van der Waals surface area contributed by atoms with Crippen molar-refractivity contribution in [2.45, 2.75) is 30.2 Å². The van der Waals surface area contributed by atoms with E-state index in [9.17, 15) is 18.0 Å². The van der Waals surface area contributed by atoms with Crippen molar-refractivity contribution in [3.8, 4) is 0 Å². The van der Waals surface area contributed by atoms with Crippen LogP contribution in [0.1, 0.15) is 19.3 Å². The van der Waals surface area contributed by atoms with Gasteiger partial charge in [0.1, 0.15) is 6.54 Å². The van der Waals surface area contributed by atoms with E-state index in [-0.39, 0.29) is 22.8 Å². The molecule has 26 heavy (non-hydrogen) atoms. The van der Waals surface area contributed by atoms with Gasteiger partial charge in [0.2, 0.25) is 15.9 Å². The summed E-state index contributed by atoms with van der Waals surface area (Å²) >= 11 is 0. The van der Waals surface area contributed by atoms with Gasteiger partial charge in [-0.1, -0.05) is 6.07 Å². The molecule has 0 spiro atoms. The number of fused-ring (bicyclic) bond motifs is 2. The van der Waals surface area contributed by atoms with Gasteiger partial charge in [-0.25, -0.2) is 8.42 Å². The SMILES string of the molecule is COC(=O)CNS(=O)(=O)c1cccc(NC(=O)C2C3CCC(C3)C2N)c1. The van der Waals surface area contributed by atoms with Crippen LogP contribution in [0.15, 0.2) is 29.2 Å². The monoisotopic (exact) mass is 381 g/mol. The number of hydrogen-bond donors (Lipinski definition) is 3. The summed E-state index contributed by atoms with van der Waals surface area (Å²) in [4.78, 5) is 23.7. The summed E-state index contributed by atoms with van der Waals surface area (Å²) in [7, 11) is -2.71. The Morgan fingerprint density at radius 2 is 2.00 bits per heavy atom. The number of ether oxygens (including phenoxy) is 1. The number of anilines is 1. The summed E-state index contributed by atoms with van der Waals surface area (Å²) in [6.07, 6.45) is 3.09. The molecule has 3 rings (SSSR count). The Morgan fingerprint density at radius 1 is 1.27 bits per heavy atom. The lowest BCUT2D eigenvalue weighted by atomic mass is 9.84. The van der Waals surface area contributed by atoms with Gasteiger partial charge in [-0.3, -0.25) is 9.59 Å². The zero-order chi connectivity index (χ0) is 18.9. The van der Waals surface area contributed by atoms with Crippen LogP contribution in [0.2, 0.25) is 0 Å². The van der Waals surface area contributed by atoms with E-state index in [1.165, 1.54) is 25.3 Å².